The van der Waals surface area contributed by atoms with Crippen LogP contribution in [0.25, 0.3) is 0 Å². The number of likely N-dealkylation sites (tertiary alicyclic amines) is 1. The number of hydrogen-bond acceptors (Lipinski definition) is 4. The number of primary amides is 1. The van der Waals surface area contributed by atoms with Gasteiger partial charge in [-0.3, -0.25) is 9.59 Å². The number of aromatic nitrogens is 1. The van der Waals surface area contributed by atoms with Gasteiger partial charge >= 0.3 is 0 Å². The fourth-order valence-corrected chi connectivity index (χ4v) is 3.40. The molecule has 1 atom stereocenters. The minimum absolute atomic E-state index is 0.0581. The summed E-state index contributed by atoms with van der Waals surface area (Å²) in [5, 5.41) is 0.235. The number of nitrogens with zero attached hydrogens (tertiary/aromatic N) is 2. The Morgan fingerprint density at radius 1 is 1.53 bits per heavy atom. The average molecular weight is 281 g/mol. The summed E-state index contributed by atoms with van der Waals surface area (Å²) in [6, 6.07) is 0.251. The topological polar surface area (TPSA) is 76.3 Å². The lowest BCUT2D eigenvalue weighted by atomic mass is 10.2. The third-order valence-electron chi connectivity index (χ3n) is 3.40. The van der Waals surface area contributed by atoms with Gasteiger partial charge in [0, 0.05) is 17.5 Å². The molecule has 1 aromatic heterocycles. The maximum Gasteiger partial charge on any atom is 0.277 e. The molecule has 5 nitrogen and oxygen atoms in total. The second kappa shape index (κ2) is 5.69. The van der Waals surface area contributed by atoms with Crippen molar-refractivity contribution in [2.24, 2.45) is 5.73 Å². The van der Waals surface area contributed by atoms with Gasteiger partial charge in [-0.15, -0.1) is 11.3 Å². The molecular weight excluding hydrogens is 262 g/mol. The lowest BCUT2D eigenvalue weighted by Gasteiger charge is -2.20. The Morgan fingerprint density at radius 2 is 2.26 bits per heavy atom. The molecule has 2 amide bonds. The van der Waals surface area contributed by atoms with Crippen LogP contribution in [-0.4, -0.2) is 34.3 Å². The quantitative estimate of drug-likeness (QED) is 0.914. The highest BCUT2D eigenvalue weighted by molar-refractivity contribution is 7.13. The van der Waals surface area contributed by atoms with Gasteiger partial charge in [-0.1, -0.05) is 13.3 Å². The fraction of sp³-hybridized carbons (Fsp3) is 0.615. The molecule has 1 unspecified atom stereocenters. The molecule has 0 radical (unpaired) electrons. The lowest BCUT2D eigenvalue weighted by Crippen LogP contribution is -2.34. The van der Waals surface area contributed by atoms with E-state index in [0.29, 0.717) is 5.69 Å². The summed E-state index contributed by atoms with van der Waals surface area (Å²) in [7, 11) is 0. The summed E-state index contributed by atoms with van der Waals surface area (Å²) in [6.45, 7) is 4.86. The van der Waals surface area contributed by atoms with E-state index < -0.39 is 5.91 Å². The van der Waals surface area contributed by atoms with Crippen molar-refractivity contribution in [3.63, 3.8) is 0 Å². The molecule has 104 valence electrons. The summed E-state index contributed by atoms with van der Waals surface area (Å²) in [6.07, 6.45) is 3.73. The molecule has 1 aliphatic rings. The Bertz CT molecular complexity index is 498. The molecule has 1 saturated heterocycles. The van der Waals surface area contributed by atoms with E-state index in [0.717, 1.165) is 37.1 Å². The van der Waals surface area contributed by atoms with Gasteiger partial charge in [0.2, 0.25) is 0 Å². The maximum atomic E-state index is 12.5. The Labute approximate surface area is 116 Å². The number of carbonyl (C=O) groups excluding carboxylic acids is 2. The first kappa shape index (κ1) is 14.0. The third kappa shape index (κ3) is 2.78. The number of nitrogens with two attached hydrogens (primary N) is 1. The summed E-state index contributed by atoms with van der Waals surface area (Å²) >= 11 is 1.25. The monoisotopic (exact) mass is 281 g/mol. The minimum Gasteiger partial charge on any atom is -0.364 e. The molecule has 1 aromatic rings. The first-order valence-electron chi connectivity index (χ1n) is 6.65. The van der Waals surface area contributed by atoms with Crippen molar-refractivity contribution in [1.82, 2.24) is 9.88 Å². The van der Waals surface area contributed by atoms with Gasteiger partial charge in [-0.05, 0) is 26.2 Å². The smallest absolute Gasteiger partial charge is 0.277 e. The molecule has 1 fully saturated rings. The average Bonchev–Trinajstić information content (AvgIpc) is 2.95. The van der Waals surface area contributed by atoms with Gasteiger partial charge in [-0.25, -0.2) is 4.98 Å². The SMILES string of the molecule is CCCc1sc(C(N)=O)nc1C(=O)N1CCCC1C. The molecule has 19 heavy (non-hydrogen) atoms. The molecule has 0 spiro atoms. The molecule has 1 aliphatic heterocycles. The number of rotatable bonds is 4. The Morgan fingerprint density at radius 3 is 2.79 bits per heavy atom. The van der Waals surface area contributed by atoms with Crippen molar-refractivity contribution in [2.75, 3.05) is 6.54 Å². The van der Waals surface area contributed by atoms with Crippen LogP contribution in [0.1, 0.15) is 58.3 Å². The summed E-state index contributed by atoms with van der Waals surface area (Å²) in [5.74, 6) is -0.618. The number of carbonyl (C=O) groups is 2. The highest BCUT2D eigenvalue weighted by Crippen LogP contribution is 2.25. The van der Waals surface area contributed by atoms with E-state index in [-0.39, 0.29) is 17.0 Å². The first-order valence-corrected chi connectivity index (χ1v) is 7.46. The molecule has 2 rings (SSSR count). The van der Waals surface area contributed by atoms with Crippen LogP contribution in [0.15, 0.2) is 0 Å². The van der Waals surface area contributed by atoms with Crippen molar-refractivity contribution in [3.05, 3.63) is 15.6 Å². The number of aryl methyl sites for hydroxylation is 1. The predicted octanol–water partition coefficient (Wildman–Crippen LogP) is 1.82. The summed E-state index contributed by atoms with van der Waals surface area (Å²) < 4.78 is 0. The van der Waals surface area contributed by atoms with E-state index >= 15 is 0 Å². The van der Waals surface area contributed by atoms with Crippen LogP contribution in [0.2, 0.25) is 0 Å². The fourth-order valence-electron chi connectivity index (χ4n) is 2.39. The van der Waals surface area contributed by atoms with Crippen LogP contribution < -0.4 is 5.73 Å². The lowest BCUT2D eigenvalue weighted by molar-refractivity contribution is 0.0741. The van der Waals surface area contributed by atoms with Gasteiger partial charge in [0.15, 0.2) is 5.01 Å². The molecule has 2 N–H and O–H groups in total. The van der Waals surface area contributed by atoms with Crippen LogP contribution in [0.3, 0.4) is 0 Å². The van der Waals surface area contributed by atoms with Crippen molar-refractivity contribution in [1.29, 1.82) is 0 Å². The Hall–Kier alpha value is -1.43. The van der Waals surface area contributed by atoms with Crippen LogP contribution in [0, 0.1) is 0 Å². The first-order chi connectivity index (χ1) is 9.04. The zero-order valence-electron chi connectivity index (χ0n) is 11.3. The predicted molar refractivity (Wildman–Crippen MR) is 74.4 cm³/mol. The molecule has 0 bridgehead atoms. The number of hydrogen-bond donors (Lipinski definition) is 1. The summed E-state index contributed by atoms with van der Waals surface area (Å²) in [4.78, 5) is 30.6. The maximum absolute atomic E-state index is 12.5. The van der Waals surface area contributed by atoms with E-state index in [4.69, 9.17) is 5.73 Å². The molecule has 0 aromatic carbocycles. The van der Waals surface area contributed by atoms with Crippen molar-refractivity contribution < 1.29 is 9.59 Å². The van der Waals surface area contributed by atoms with Crippen molar-refractivity contribution >= 4 is 23.2 Å². The van der Waals surface area contributed by atoms with E-state index in [1.54, 1.807) is 0 Å². The Kier molecular flexibility index (Phi) is 4.19. The molecule has 6 heteroatoms. The van der Waals surface area contributed by atoms with Crippen molar-refractivity contribution in [3.8, 4) is 0 Å². The number of amides is 2. The molecule has 0 aliphatic carbocycles. The molecular formula is C13H19N3O2S. The highest BCUT2D eigenvalue weighted by atomic mass is 32.1. The zero-order chi connectivity index (χ0) is 14.0. The van der Waals surface area contributed by atoms with E-state index in [1.807, 2.05) is 18.7 Å². The van der Waals surface area contributed by atoms with Gasteiger partial charge < -0.3 is 10.6 Å². The Balaban J connectivity index is 2.31. The normalized spacial score (nSPS) is 18.8. The second-order valence-electron chi connectivity index (χ2n) is 4.89. The van der Waals surface area contributed by atoms with Crippen LogP contribution in [-0.2, 0) is 6.42 Å². The van der Waals surface area contributed by atoms with Crippen LogP contribution in [0.5, 0.6) is 0 Å². The zero-order valence-corrected chi connectivity index (χ0v) is 12.1. The van der Waals surface area contributed by atoms with Crippen molar-refractivity contribution in [2.45, 2.75) is 45.6 Å². The third-order valence-corrected chi connectivity index (χ3v) is 4.53. The van der Waals surface area contributed by atoms with E-state index in [1.165, 1.54) is 11.3 Å². The van der Waals surface area contributed by atoms with Crippen LogP contribution in [0.4, 0.5) is 0 Å². The largest absolute Gasteiger partial charge is 0.364 e. The standard InChI is InChI=1S/C13H19N3O2S/c1-3-5-9-10(15-12(19-9)11(14)17)13(18)16-7-4-6-8(16)2/h8H,3-7H2,1-2H3,(H2,14,17). The summed E-state index contributed by atoms with van der Waals surface area (Å²) in [5.41, 5.74) is 5.68. The van der Waals surface area contributed by atoms with E-state index in [2.05, 4.69) is 4.98 Å². The highest BCUT2D eigenvalue weighted by Gasteiger charge is 2.30. The second-order valence-corrected chi connectivity index (χ2v) is 5.98. The van der Waals surface area contributed by atoms with Crippen LogP contribution >= 0.6 is 11.3 Å². The van der Waals surface area contributed by atoms with Gasteiger partial charge in [0.1, 0.15) is 5.69 Å². The van der Waals surface area contributed by atoms with Gasteiger partial charge in [0.25, 0.3) is 11.8 Å². The molecule has 2 heterocycles. The molecule has 0 saturated carbocycles. The van der Waals surface area contributed by atoms with Gasteiger partial charge in [-0.2, -0.15) is 0 Å². The number of thiazole rings is 1. The minimum atomic E-state index is -0.559. The van der Waals surface area contributed by atoms with E-state index in [9.17, 15) is 9.59 Å². The van der Waals surface area contributed by atoms with Gasteiger partial charge in [0.05, 0.1) is 0 Å².